The van der Waals surface area contributed by atoms with E-state index in [4.69, 9.17) is 4.98 Å². The lowest BCUT2D eigenvalue weighted by Gasteiger charge is -2.14. The second kappa shape index (κ2) is 8.35. The van der Waals surface area contributed by atoms with Crippen LogP contribution in [-0.4, -0.2) is 11.3 Å². The van der Waals surface area contributed by atoms with E-state index >= 15 is 0 Å². The predicted molar refractivity (Wildman–Crippen MR) is 118 cm³/mol. The van der Waals surface area contributed by atoms with Gasteiger partial charge < -0.3 is 0 Å². The normalized spacial score (nSPS) is 10.7. The number of rotatable bonds is 6. The Labute approximate surface area is 168 Å². The molecule has 2 heteroatoms. The summed E-state index contributed by atoms with van der Waals surface area (Å²) in [4.78, 5) is 15.7. The number of aldehydes is 1. The fourth-order valence-corrected chi connectivity index (χ4v) is 3.66. The predicted octanol–water partition coefficient (Wildman–Crippen LogP) is 6.30. The second-order valence-electron chi connectivity index (χ2n) is 7.64. The Bertz CT molecular complexity index is 1050. The molecule has 1 heterocycles. The molecule has 0 unspecified atom stereocenters. The topological polar surface area (TPSA) is 30.0 Å². The van der Waals surface area contributed by atoms with Gasteiger partial charge in [0.1, 0.15) is 6.29 Å². The lowest BCUT2D eigenvalue weighted by Crippen LogP contribution is -1.99. The highest BCUT2D eigenvalue weighted by Gasteiger charge is 2.12. The Morgan fingerprint density at radius 3 is 2.39 bits per heavy atom. The van der Waals surface area contributed by atoms with Crippen LogP contribution in [0.25, 0.3) is 16.7 Å². The smallest absolute Gasteiger partial charge is 0.150 e. The lowest BCUT2D eigenvalue weighted by molar-refractivity contribution is 0.112. The van der Waals surface area contributed by atoms with E-state index in [0.29, 0.717) is 0 Å². The number of hydrogen-bond donors (Lipinski definition) is 0. The second-order valence-corrected chi connectivity index (χ2v) is 7.64. The van der Waals surface area contributed by atoms with E-state index in [9.17, 15) is 4.79 Å². The molecule has 0 amide bonds. The number of carbonyl (C=O) groups is 1. The van der Waals surface area contributed by atoms with Crippen LogP contribution in [0.2, 0.25) is 0 Å². The first-order valence-corrected chi connectivity index (χ1v) is 9.66. The molecule has 142 valence electrons. The number of allylic oxidation sites excluding steroid dienone is 1. The van der Waals surface area contributed by atoms with Crippen LogP contribution >= 0.6 is 0 Å². The van der Waals surface area contributed by atoms with Gasteiger partial charge in [0, 0.05) is 17.3 Å². The maximum Gasteiger partial charge on any atom is 0.150 e. The molecule has 0 bridgehead atoms. The molecule has 3 aromatic rings. The first kappa shape index (κ1) is 19.8. The van der Waals surface area contributed by atoms with Gasteiger partial charge in [0.05, 0.1) is 5.69 Å². The number of nitrogens with zero attached hydrogens (tertiary/aromatic N) is 1. The molecule has 0 aliphatic carbocycles. The lowest BCUT2D eigenvalue weighted by atomic mass is 9.93. The summed E-state index contributed by atoms with van der Waals surface area (Å²) >= 11 is 0. The van der Waals surface area contributed by atoms with Crippen LogP contribution in [0.1, 0.15) is 50.8 Å². The fourth-order valence-electron chi connectivity index (χ4n) is 3.66. The van der Waals surface area contributed by atoms with Gasteiger partial charge in [0.15, 0.2) is 0 Å². The van der Waals surface area contributed by atoms with Crippen molar-refractivity contribution in [1.82, 2.24) is 4.98 Å². The highest BCUT2D eigenvalue weighted by molar-refractivity contribution is 5.79. The van der Waals surface area contributed by atoms with Crippen LogP contribution in [0.15, 0.2) is 55.2 Å². The van der Waals surface area contributed by atoms with Crippen molar-refractivity contribution in [2.45, 2.75) is 40.5 Å². The summed E-state index contributed by atoms with van der Waals surface area (Å²) in [7, 11) is 0. The number of hydrogen-bond acceptors (Lipinski definition) is 2. The van der Waals surface area contributed by atoms with Gasteiger partial charge in [0.25, 0.3) is 0 Å². The van der Waals surface area contributed by atoms with Crippen molar-refractivity contribution in [2.24, 2.45) is 0 Å². The SMILES string of the molecule is C=C(C)c1ncc(CCc2ccc(C=O)cc2C)cc1-c1ccc(C)cc1C. The molecule has 0 saturated heterocycles. The Kier molecular flexibility index (Phi) is 5.89. The van der Waals surface area contributed by atoms with Gasteiger partial charge in [-0.15, -0.1) is 0 Å². The molecule has 0 radical (unpaired) electrons. The summed E-state index contributed by atoms with van der Waals surface area (Å²) in [6.07, 6.45) is 4.69. The maximum absolute atomic E-state index is 10.9. The molecule has 0 fully saturated rings. The minimum Gasteiger partial charge on any atom is -0.298 e. The van der Waals surface area contributed by atoms with E-state index in [0.717, 1.165) is 47.1 Å². The summed E-state index contributed by atoms with van der Waals surface area (Å²) in [6, 6.07) is 14.7. The van der Waals surface area contributed by atoms with Crippen molar-refractivity contribution in [3.8, 4) is 11.1 Å². The molecule has 1 aromatic heterocycles. The molecular formula is C26H27NO. The highest BCUT2D eigenvalue weighted by Crippen LogP contribution is 2.31. The number of aromatic nitrogens is 1. The molecule has 28 heavy (non-hydrogen) atoms. The van der Waals surface area contributed by atoms with Gasteiger partial charge >= 0.3 is 0 Å². The Balaban J connectivity index is 1.93. The van der Waals surface area contributed by atoms with Crippen molar-refractivity contribution in [2.75, 3.05) is 0 Å². The van der Waals surface area contributed by atoms with E-state index in [2.05, 4.69) is 57.7 Å². The number of benzene rings is 2. The molecule has 0 N–H and O–H groups in total. The molecule has 0 aliphatic rings. The maximum atomic E-state index is 10.9. The summed E-state index contributed by atoms with van der Waals surface area (Å²) in [6.45, 7) is 12.4. The van der Waals surface area contributed by atoms with Crippen LogP contribution in [0.5, 0.6) is 0 Å². The Hall–Kier alpha value is -3.00. The third kappa shape index (κ3) is 4.28. The van der Waals surface area contributed by atoms with Gasteiger partial charge in [-0.1, -0.05) is 42.5 Å². The van der Waals surface area contributed by atoms with E-state index in [1.165, 1.54) is 27.8 Å². The third-order valence-corrected chi connectivity index (χ3v) is 5.21. The van der Waals surface area contributed by atoms with E-state index in [1.807, 2.05) is 25.3 Å². The van der Waals surface area contributed by atoms with E-state index in [-0.39, 0.29) is 0 Å². The number of pyridine rings is 1. The fraction of sp³-hybridized carbons (Fsp3) is 0.231. The van der Waals surface area contributed by atoms with Crippen molar-refractivity contribution in [1.29, 1.82) is 0 Å². The molecular weight excluding hydrogens is 342 g/mol. The summed E-state index contributed by atoms with van der Waals surface area (Å²) in [5.74, 6) is 0. The first-order valence-electron chi connectivity index (χ1n) is 9.66. The van der Waals surface area contributed by atoms with Crippen LogP contribution in [-0.2, 0) is 12.8 Å². The summed E-state index contributed by atoms with van der Waals surface area (Å²) in [5, 5.41) is 0. The Morgan fingerprint density at radius 2 is 1.75 bits per heavy atom. The summed E-state index contributed by atoms with van der Waals surface area (Å²) < 4.78 is 0. The monoisotopic (exact) mass is 369 g/mol. The quantitative estimate of drug-likeness (QED) is 0.477. The Morgan fingerprint density at radius 1 is 0.964 bits per heavy atom. The minimum absolute atomic E-state index is 0.728. The zero-order valence-electron chi connectivity index (χ0n) is 17.2. The third-order valence-electron chi connectivity index (χ3n) is 5.21. The van der Waals surface area contributed by atoms with Gasteiger partial charge in [-0.25, -0.2) is 0 Å². The van der Waals surface area contributed by atoms with Crippen molar-refractivity contribution < 1.29 is 4.79 Å². The van der Waals surface area contributed by atoms with Gasteiger partial charge in [-0.3, -0.25) is 9.78 Å². The van der Waals surface area contributed by atoms with Crippen LogP contribution in [0.4, 0.5) is 0 Å². The standard InChI is InChI=1S/C26H27NO/c1-17(2)26-25(24-11-6-18(3)12-20(24)5)14-21(15-27-26)7-9-23-10-8-22(16-28)13-19(23)4/h6,8,10-16H,1,7,9H2,2-5H3. The zero-order valence-corrected chi connectivity index (χ0v) is 17.2. The summed E-state index contributed by atoms with van der Waals surface area (Å²) in [5.41, 5.74) is 11.2. The van der Waals surface area contributed by atoms with Crippen LogP contribution in [0.3, 0.4) is 0 Å². The molecule has 2 aromatic carbocycles. The van der Waals surface area contributed by atoms with Crippen molar-refractivity contribution in [3.63, 3.8) is 0 Å². The van der Waals surface area contributed by atoms with Crippen LogP contribution < -0.4 is 0 Å². The molecule has 0 spiro atoms. The van der Waals surface area contributed by atoms with E-state index in [1.54, 1.807) is 0 Å². The van der Waals surface area contributed by atoms with Gasteiger partial charge in [-0.05, 0) is 86.1 Å². The molecule has 0 aliphatic heterocycles. The van der Waals surface area contributed by atoms with Gasteiger partial charge in [-0.2, -0.15) is 0 Å². The zero-order chi connectivity index (χ0) is 20.3. The van der Waals surface area contributed by atoms with Crippen LogP contribution in [0, 0.1) is 20.8 Å². The van der Waals surface area contributed by atoms with Crippen molar-refractivity contribution in [3.05, 3.63) is 94.3 Å². The largest absolute Gasteiger partial charge is 0.298 e. The first-order chi connectivity index (χ1) is 13.4. The number of aryl methyl sites for hydroxylation is 5. The molecule has 0 atom stereocenters. The molecule has 3 rings (SSSR count). The van der Waals surface area contributed by atoms with Crippen molar-refractivity contribution >= 4 is 11.9 Å². The average Bonchev–Trinajstić information content (AvgIpc) is 2.66. The van der Waals surface area contributed by atoms with Gasteiger partial charge in [0.2, 0.25) is 0 Å². The minimum atomic E-state index is 0.728. The molecule has 0 saturated carbocycles. The molecule has 2 nitrogen and oxygen atoms in total. The average molecular weight is 370 g/mol. The van der Waals surface area contributed by atoms with E-state index < -0.39 is 0 Å². The highest BCUT2D eigenvalue weighted by atomic mass is 16.1. The number of carbonyl (C=O) groups excluding carboxylic acids is 1.